The van der Waals surface area contributed by atoms with Gasteiger partial charge in [0.15, 0.2) is 17.5 Å². The first kappa shape index (κ1) is 33.1. The fourth-order valence-electron chi connectivity index (χ4n) is 7.78. The third kappa shape index (κ3) is 6.31. The van der Waals surface area contributed by atoms with Crippen LogP contribution in [0.15, 0.2) is 212 Å². The summed E-state index contributed by atoms with van der Waals surface area (Å²) in [6.45, 7) is 0. The van der Waals surface area contributed by atoms with Gasteiger partial charge in [-0.1, -0.05) is 182 Å². The van der Waals surface area contributed by atoms with Gasteiger partial charge in [-0.3, -0.25) is 0 Å². The number of hydrogen-bond donors (Lipinski definition) is 0. The van der Waals surface area contributed by atoms with Crippen LogP contribution in [0.3, 0.4) is 0 Å². The summed E-state index contributed by atoms with van der Waals surface area (Å²) in [6, 6.07) is 74.9. The van der Waals surface area contributed by atoms with Crippen molar-refractivity contribution >= 4 is 21.5 Å². The quantitative estimate of drug-likeness (QED) is 0.154. The highest BCUT2D eigenvalue weighted by molar-refractivity contribution is 6.13. The van der Waals surface area contributed by atoms with Crippen LogP contribution < -0.4 is 0 Å². The van der Waals surface area contributed by atoms with Crippen molar-refractivity contribution in [2.24, 2.45) is 0 Å². The van der Waals surface area contributed by atoms with Crippen molar-refractivity contribution < 1.29 is 0 Å². The molecule has 1 heterocycles. The summed E-state index contributed by atoms with van der Waals surface area (Å²) in [7, 11) is 0. The van der Waals surface area contributed by atoms with Crippen molar-refractivity contribution in [3.63, 3.8) is 0 Å². The predicted octanol–water partition coefficient (Wildman–Crippen LogP) is 13.8. The first-order chi connectivity index (χ1) is 27.7. The zero-order chi connectivity index (χ0) is 37.3. The standard InChI is InChI=1S/C53H35N3/c1-4-17-36(18-5-1)45-26-12-13-28-47(45)43-32-42(39-24-16-25-40(31-39)50-35-41-23-10-11-27-46(41)48-29-14-15-30-49(48)50)33-44(34-43)53-55-51(37-19-6-2-7-20-37)54-52(56-53)38-21-8-3-9-22-38/h1-35H. The van der Waals surface area contributed by atoms with Crippen molar-refractivity contribution in [3.05, 3.63) is 212 Å². The van der Waals surface area contributed by atoms with Crippen LogP contribution in [0.1, 0.15) is 0 Å². The lowest BCUT2D eigenvalue weighted by Gasteiger charge is -2.16. The zero-order valence-corrected chi connectivity index (χ0v) is 30.5. The third-order valence-corrected chi connectivity index (χ3v) is 10.5. The molecule has 10 rings (SSSR count). The Morgan fingerprint density at radius 2 is 0.643 bits per heavy atom. The Balaban J connectivity index is 1.20. The molecule has 0 saturated heterocycles. The summed E-state index contributed by atoms with van der Waals surface area (Å²) in [4.78, 5) is 15.3. The predicted molar refractivity (Wildman–Crippen MR) is 233 cm³/mol. The van der Waals surface area contributed by atoms with Crippen molar-refractivity contribution in [3.8, 4) is 78.7 Å². The van der Waals surface area contributed by atoms with Crippen molar-refractivity contribution in [2.75, 3.05) is 0 Å². The second kappa shape index (κ2) is 14.4. The number of aromatic nitrogens is 3. The van der Waals surface area contributed by atoms with Crippen LogP contribution in [0.4, 0.5) is 0 Å². The topological polar surface area (TPSA) is 38.7 Å². The molecule has 10 aromatic rings. The Bertz CT molecular complexity index is 2950. The van der Waals surface area contributed by atoms with Crippen molar-refractivity contribution in [2.45, 2.75) is 0 Å². The Hall–Kier alpha value is -7.49. The molecule has 262 valence electrons. The number of rotatable bonds is 7. The van der Waals surface area contributed by atoms with Crippen LogP contribution in [-0.4, -0.2) is 15.0 Å². The van der Waals surface area contributed by atoms with Crippen LogP contribution in [-0.2, 0) is 0 Å². The maximum atomic E-state index is 5.16. The van der Waals surface area contributed by atoms with Gasteiger partial charge in [-0.05, 0) is 96.4 Å². The van der Waals surface area contributed by atoms with E-state index >= 15 is 0 Å². The van der Waals surface area contributed by atoms with Crippen LogP contribution >= 0.6 is 0 Å². The maximum absolute atomic E-state index is 5.16. The van der Waals surface area contributed by atoms with Gasteiger partial charge < -0.3 is 0 Å². The van der Waals surface area contributed by atoms with Crippen LogP contribution in [0.25, 0.3) is 100 Å². The van der Waals surface area contributed by atoms with E-state index in [1.165, 1.54) is 32.7 Å². The number of fused-ring (bicyclic) bond motifs is 3. The average Bonchev–Trinajstić information content (AvgIpc) is 3.29. The maximum Gasteiger partial charge on any atom is 0.164 e. The second-order valence-electron chi connectivity index (χ2n) is 14.0. The molecule has 3 nitrogen and oxygen atoms in total. The van der Waals surface area contributed by atoms with Crippen LogP contribution in [0.5, 0.6) is 0 Å². The van der Waals surface area contributed by atoms with Crippen molar-refractivity contribution in [1.29, 1.82) is 0 Å². The van der Waals surface area contributed by atoms with Gasteiger partial charge in [-0.25, -0.2) is 15.0 Å². The van der Waals surface area contributed by atoms with E-state index in [0.29, 0.717) is 17.5 Å². The smallest absolute Gasteiger partial charge is 0.164 e. The first-order valence-electron chi connectivity index (χ1n) is 18.9. The minimum Gasteiger partial charge on any atom is -0.208 e. The fraction of sp³-hybridized carbons (Fsp3) is 0. The molecule has 0 fully saturated rings. The second-order valence-corrected chi connectivity index (χ2v) is 14.0. The van der Waals surface area contributed by atoms with Gasteiger partial charge in [0.2, 0.25) is 0 Å². The number of hydrogen-bond acceptors (Lipinski definition) is 3. The number of benzene rings is 9. The van der Waals surface area contributed by atoms with Gasteiger partial charge in [0, 0.05) is 16.7 Å². The molecule has 0 bridgehead atoms. The molecule has 0 radical (unpaired) electrons. The van der Waals surface area contributed by atoms with Gasteiger partial charge in [-0.2, -0.15) is 0 Å². The Labute approximate surface area is 326 Å². The summed E-state index contributed by atoms with van der Waals surface area (Å²) in [5.74, 6) is 1.89. The minimum atomic E-state index is 0.620. The lowest BCUT2D eigenvalue weighted by molar-refractivity contribution is 1.07. The molecule has 0 saturated carbocycles. The summed E-state index contributed by atoms with van der Waals surface area (Å²) >= 11 is 0. The molecular formula is C53H35N3. The SMILES string of the molecule is c1ccc(-c2nc(-c3ccccc3)nc(-c3cc(-c4cccc(-c5cc6ccccc6c6ccccc56)c4)cc(-c4ccccc4-c4ccccc4)c3)n2)cc1. The van der Waals surface area contributed by atoms with Gasteiger partial charge >= 0.3 is 0 Å². The molecule has 1 aromatic heterocycles. The van der Waals surface area contributed by atoms with Gasteiger partial charge in [0.1, 0.15) is 0 Å². The summed E-state index contributed by atoms with van der Waals surface area (Å²) in [5.41, 5.74) is 11.9. The fourth-order valence-corrected chi connectivity index (χ4v) is 7.78. The van der Waals surface area contributed by atoms with Crippen molar-refractivity contribution in [1.82, 2.24) is 15.0 Å². The van der Waals surface area contributed by atoms with E-state index in [9.17, 15) is 0 Å². The van der Waals surface area contributed by atoms with Gasteiger partial charge in [0.25, 0.3) is 0 Å². The lowest BCUT2D eigenvalue weighted by atomic mass is 9.89. The normalized spacial score (nSPS) is 11.2. The molecule has 0 N–H and O–H groups in total. The summed E-state index contributed by atoms with van der Waals surface area (Å²) in [6.07, 6.45) is 0. The van der Waals surface area contributed by atoms with Gasteiger partial charge in [0.05, 0.1) is 0 Å². The molecule has 0 aliphatic rings. The third-order valence-electron chi connectivity index (χ3n) is 10.5. The Morgan fingerprint density at radius 1 is 0.214 bits per heavy atom. The molecule has 9 aromatic carbocycles. The van der Waals surface area contributed by atoms with E-state index in [1.54, 1.807) is 0 Å². The molecule has 3 heteroatoms. The summed E-state index contributed by atoms with van der Waals surface area (Å²) < 4.78 is 0. The van der Waals surface area contributed by atoms with Crippen LogP contribution in [0, 0.1) is 0 Å². The highest BCUT2D eigenvalue weighted by Crippen LogP contribution is 2.40. The lowest BCUT2D eigenvalue weighted by Crippen LogP contribution is -2.00. The van der Waals surface area contributed by atoms with E-state index in [1.807, 2.05) is 60.7 Å². The van der Waals surface area contributed by atoms with E-state index in [0.717, 1.165) is 50.1 Å². The van der Waals surface area contributed by atoms with Gasteiger partial charge in [-0.15, -0.1) is 0 Å². The Morgan fingerprint density at radius 3 is 1.30 bits per heavy atom. The molecular weight excluding hydrogens is 679 g/mol. The zero-order valence-electron chi connectivity index (χ0n) is 30.5. The first-order valence-corrected chi connectivity index (χ1v) is 18.9. The largest absolute Gasteiger partial charge is 0.208 e. The highest BCUT2D eigenvalue weighted by Gasteiger charge is 2.17. The van der Waals surface area contributed by atoms with E-state index in [-0.39, 0.29) is 0 Å². The number of nitrogens with zero attached hydrogens (tertiary/aromatic N) is 3. The molecule has 0 amide bonds. The molecule has 0 spiro atoms. The van der Waals surface area contributed by atoms with Crippen LogP contribution in [0.2, 0.25) is 0 Å². The molecule has 0 aliphatic heterocycles. The molecule has 0 atom stereocenters. The van der Waals surface area contributed by atoms with E-state index < -0.39 is 0 Å². The monoisotopic (exact) mass is 713 g/mol. The average molecular weight is 714 g/mol. The Kier molecular flexibility index (Phi) is 8.51. The minimum absolute atomic E-state index is 0.620. The highest BCUT2D eigenvalue weighted by atomic mass is 15.0. The van der Waals surface area contributed by atoms with E-state index in [2.05, 4.69) is 152 Å². The molecule has 0 aliphatic carbocycles. The van der Waals surface area contributed by atoms with E-state index in [4.69, 9.17) is 15.0 Å². The molecule has 0 unspecified atom stereocenters. The molecule has 56 heavy (non-hydrogen) atoms. The summed E-state index contributed by atoms with van der Waals surface area (Å²) in [5, 5.41) is 4.99.